The van der Waals surface area contributed by atoms with Gasteiger partial charge >= 0.3 is 12.3 Å². The molecule has 5 heterocycles. The van der Waals surface area contributed by atoms with Crippen LogP contribution in [0, 0.1) is 5.92 Å². The van der Waals surface area contributed by atoms with E-state index in [-0.39, 0.29) is 36.9 Å². The molecule has 0 radical (unpaired) electrons. The van der Waals surface area contributed by atoms with E-state index < -0.39 is 47.6 Å². The highest BCUT2D eigenvalue weighted by atomic mass is 19.4. The maximum absolute atomic E-state index is 13.2. The molecule has 2 amide bonds. The van der Waals surface area contributed by atoms with Crippen LogP contribution in [0.25, 0.3) is 0 Å². The van der Waals surface area contributed by atoms with Gasteiger partial charge in [-0.05, 0) is 73.4 Å². The van der Waals surface area contributed by atoms with Crippen molar-refractivity contribution in [2.24, 2.45) is 5.92 Å². The van der Waals surface area contributed by atoms with Gasteiger partial charge < -0.3 is 39.4 Å². The first-order valence-corrected chi connectivity index (χ1v) is 15.7. The Labute approximate surface area is 261 Å². The zero-order chi connectivity index (χ0) is 32.6. The number of anilines is 1. The van der Waals surface area contributed by atoms with E-state index in [4.69, 9.17) is 18.9 Å². The molecule has 0 unspecified atom stereocenters. The van der Waals surface area contributed by atoms with Crippen molar-refractivity contribution in [3.63, 3.8) is 0 Å². The average molecular weight is 643 g/mol. The predicted octanol–water partition coefficient (Wildman–Crippen LogP) is 3.42. The van der Waals surface area contributed by atoms with E-state index in [1.807, 2.05) is 20.8 Å². The summed E-state index contributed by atoms with van der Waals surface area (Å²) in [4.78, 5) is 37.1. The molecule has 0 bridgehead atoms. The number of halogens is 3. The predicted molar refractivity (Wildman–Crippen MR) is 156 cm³/mol. The number of likely N-dealkylation sites (tertiary alicyclic amines) is 2. The van der Waals surface area contributed by atoms with Crippen LogP contribution in [-0.2, 0) is 29.9 Å². The number of carbonyl (C=O) groups excluding carboxylic acids is 2. The number of ether oxygens (including phenoxy) is 4. The maximum atomic E-state index is 13.2. The van der Waals surface area contributed by atoms with Crippen LogP contribution >= 0.6 is 0 Å². The van der Waals surface area contributed by atoms with Crippen molar-refractivity contribution in [3.8, 4) is 0 Å². The number of alkyl halides is 3. The molecule has 0 spiro atoms. The monoisotopic (exact) mass is 642 g/mol. The summed E-state index contributed by atoms with van der Waals surface area (Å²) in [6.45, 7) is 12.4. The van der Waals surface area contributed by atoms with Crippen LogP contribution < -0.4 is 10.6 Å². The van der Waals surface area contributed by atoms with Crippen molar-refractivity contribution in [1.82, 2.24) is 25.1 Å². The van der Waals surface area contributed by atoms with Crippen LogP contribution in [0.15, 0.2) is 12.4 Å². The van der Waals surface area contributed by atoms with Crippen LogP contribution in [0.2, 0.25) is 0 Å². The van der Waals surface area contributed by atoms with Crippen LogP contribution in [0.4, 0.5) is 23.8 Å². The highest BCUT2D eigenvalue weighted by Gasteiger charge is 2.52. The summed E-state index contributed by atoms with van der Waals surface area (Å²) >= 11 is 0. The molecule has 4 fully saturated rings. The summed E-state index contributed by atoms with van der Waals surface area (Å²) in [6, 6.07) is -0.159. The second-order valence-corrected chi connectivity index (χ2v) is 13.7. The summed E-state index contributed by atoms with van der Waals surface area (Å²) in [5.74, 6) is -1.14. The molecule has 4 aliphatic rings. The highest BCUT2D eigenvalue weighted by Crippen LogP contribution is 2.37. The van der Waals surface area contributed by atoms with Gasteiger partial charge in [-0.15, -0.1) is 0 Å². The van der Waals surface area contributed by atoms with Gasteiger partial charge in [-0.3, -0.25) is 9.78 Å². The Morgan fingerprint density at radius 1 is 1.02 bits per heavy atom. The lowest BCUT2D eigenvalue weighted by atomic mass is 9.92. The SMILES string of the molecule is CC(C)(C)OC(=O)N1CCC(N2CCC(C(=O)NC[C@H]3OC[C@H](Nc4cncc(C(F)(F)F)n4)[C@H]4OC(C)(C)O[C@H]43)CC2)CC1. The molecule has 4 atom stereocenters. The third-order valence-corrected chi connectivity index (χ3v) is 8.69. The van der Waals surface area contributed by atoms with E-state index in [9.17, 15) is 22.8 Å². The minimum atomic E-state index is -4.62. The van der Waals surface area contributed by atoms with Gasteiger partial charge in [0.2, 0.25) is 5.91 Å². The summed E-state index contributed by atoms with van der Waals surface area (Å²) in [6.07, 6.45) is -1.35. The van der Waals surface area contributed by atoms with Gasteiger partial charge in [-0.1, -0.05) is 0 Å². The molecule has 0 saturated carbocycles. The molecule has 1 aromatic heterocycles. The van der Waals surface area contributed by atoms with E-state index in [2.05, 4.69) is 25.5 Å². The second-order valence-electron chi connectivity index (χ2n) is 13.7. The fraction of sp³-hybridized carbons (Fsp3) is 0.800. The van der Waals surface area contributed by atoms with Crippen molar-refractivity contribution >= 4 is 17.8 Å². The van der Waals surface area contributed by atoms with E-state index in [1.54, 1.807) is 18.7 Å². The summed E-state index contributed by atoms with van der Waals surface area (Å²) in [5, 5.41) is 6.00. The summed E-state index contributed by atoms with van der Waals surface area (Å²) in [7, 11) is 0. The number of amides is 2. The Balaban J connectivity index is 1.08. The Bertz CT molecular complexity index is 1200. The molecular weight excluding hydrogens is 597 g/mol. The normalized spacial score (nSPS) is 28.4. The Kier molecular flexibility index (Phi) is 9.83. The van der Waals surface area contributed by atoms with Gasteiger partial charge in [0, 0.05) is 31.6 Å². The van der Waals surface area contributed by atoms with Crippen molar-refractivity contribution < 1.29 is 41.7 Å². The second kappa shape index (κ2) is 13.2. The van der Waals surface area contributed by atoms with E-state index >= 15 is 0 Å². The number of piperidine rings is 2. The minimum absolute atomic E-state index is 0.0350. The molecule has 0 aliphatic carbocycles. The van der Waals surface area contributed by atoms with E-state index in [0.29, 0.717) is 25.3 Å². The number of nitrogens with one attached hydrogen (secondary N) is 2. The van der Waals surface area contributed by atoms with Crippen molar-refractivity contribution in [3.05, 3.63) is 18.1 Å². The fourth-order valence-electron chi connectivity index (χ4n) is 6.51. The Hall–Kier alpha value is -2.75. The van der Waals surface area contributed by atoms with Crippen LogP contribution in [0.1, 0.15) is 66.0 Å². The third-order valence-electron chi connectivity index (χ3n) is 8.69. The molecule has 0 aromatic carbocycles. The molecule has 252 valence electrons. The topological polar surface area (TPSA) is 127 Å². The number of nitrogens with zero attached hydrogens (tertiary/aromatic N) is 4. The van der Waals surface area contributed by atoms with E-state index in [0.717, 1.165) is 38.8 Å². The van der Waals surface area contributed by atoms with Gasteiger partial charge in [0.1, 0.15) is 29.7 Å². The van der Waals surface area contributed by atoms with Gasteiger partial charge in [0.25, 0.3) is 0 Å². The van der Waals surface area contributed by atoms with Crippen molar-refractivity contribution in [1.29, 1.82) is 0 Å². The third kappa shape index (κ3) is 8.54. The molecular formula is C30H45F3N6O6. The molecule has 1 aromatic rings. The van der Waals surface area contributed by atoms with Crippen molar-refractivity contribution in [2.75, 3.05) is 44.6 Å². The number of hydrogen-bond acceptors (Lipinski definition) is 10. The van der Waals surface area contributed by atoms with E-state index in [1.165, 1.54) is 6.20 Å². The number of rotatable bonds is 6. The number of carbonyl (C=O) groups is 2. The number of hydrogen-bond donors (Lipinski definition) is 2. The van der Waals surface area contributed by atoms with Crippen LogP contribution in [0.3, 0.4) is 0 Å². The Morgan fingerprint density at radius 3 is 2.33 bits per heavy atom. The number of aromatic nitrogens is 2. The number of fused-ring (bicyclic) bond motifs is 1. The standard InChI is InChI=1S/C30H45F3N6O6/c1-28(2,3)45-27(41)39-12-8-19(9-13-39)38-10-6-18(7-11-38)26(40)35-14-21-25-24(43-29(4,5)44-25)20(17-42-21)36-23-16-34-15-22(37-23)30(31,32)33/h15-16,18-21,24-25H,6-14,17H2,1-5H3,(H,35,40)(H,36,37)/t20-,21+,24+,25-/m0/s1. The zero-order valence-electron chi connectivity index (χ0n) is 26.6. The zero-order valence-corrected chi connectivity index (χ0v) is 26.6. The minimum Gasteiger partial charge on any atom is -0.444 e. The molecule has 45 heavy (non-hydrogen) atoms. The molecule has 2 N–H and O–H groups in total. The summed E-state index contributed by atoms with van der Waals surface area (Å²) in [5.41, 5.74) is -1.61. The smallest absolute Gasteiger partial charge is 0.434 e. The molecule has 5 rings (SSSR count). The van der Waals surface area contributed by atoms with Gasteiger partial charge in [0.05, 0.1) is 25.0 Å². The van der Waals surface area contributed by atoms with Gasteiger partial charge in [-0.2, -0.15) is 13.2 Å². The first kappa shape index (κ1) is 33.6. The van der Waals surface area contributed by atoms with Crippen LogP contribution in [-0.4, -0.2) is 113 Å². The largest absolute Gasteiger partial charge is 0.444 e. The van der Waals surface area contributed by atoms with Gasteiger partial charge in [0.15, 0.2) is 11.5 Å². The quantitative estimate of drug-likeness (QED) is 0.477. The summed E-state index contributed by atoms with van der Waals surface area (Å²) < 4.78 is 63.2. The fourth-order valence-corrected chi connectivity index (χ4v) is 6.51. The first-order valence-electron chi connectivity index (χ1n) is 15.7. The highest BCUT2D eigenvalue weighted by molar-refractivity contribution is 5.78. The Morgan fingerprint density at radius 2 is 1.69 bits per heavy atom. The lowest BCUT2D eigenvalue weighted by Crippen LogP contribution is -2.57. The molecule has 12 nitrogen and oxygen atoms in total. The molecule has 4 saturated heterocycles. The maximum Gasteiger partial charge on any atom is 0.434 e. The first-order chi connectivity index (χ1) is 21.1. The average Bonchev–Trinajstić information content (AvgIpc) is 3.31. The molecule has 15 heteroatoms. The van der Waals surface area contributed by atoms with Crippen LogP contribution in [0.5, 0.6) is 0 Å². The lowest BCUT2D eigenvalue weighted by molar-refractivity contribution is -0.153. The van der Waals surface area contributed by atoms with Crippen molar-refractivity contribution in [2.45, 2.75) is 108 Å². The molecule has 4 aliphatic heterocycles. The van der Waals surface area contributed by atoms with Gasteiger partial charge in [-0.25, -0.2) is 9.78 Å². The lowest BCUT2D eigenvalue weighted by Gasteiger charge is -2.41.